The summed E-state index contributed by atoms with van der Waals surface area (Å²) in [6.07, 6.45) is 2.44. The number of ketones is 1. The molecule has 1 aromatic rings. The fraction of sp³-hybridized carbons (Fsp3) is 0.364. The van der Waals surface area contributed by atoms with Crippen molar-refractivity contribution in [2.45, 2.75) is 12.8 Å². The van der Waals surface area contributed by atoms with Crippen LogP contribution in [0.4, 0.5) is 10.2 Å². The molecule has 0 atom stereocenters. The van der Waals surface area contributed by atoms with Crippen LogP contribution in [0.25, 0.3) is 0 Å². The van der Waals surface area contributed by atoms with E-state index in [1.807, 2.05) is 0 Å². The van der Waals surface area contributed by atoms with Gasteiger partial charge in [0.25, 0.3) is 0 Å². The molecule has 1 saturated heterocycles. The predicted octanol–water partition coefficient (Wildman–Crippen LogP) is 1.93. The number of alkyl halides is 1. The fourth-order valence-electron chi connectivity index (χ4n) is 1.78. The highest BCUT2D eigenvalue weighted by molar-refractivity contribution is 9.09. The number of hydrogen-bond acceptors (Lipinski definition) is 3. The summed E-state index contributed by atoms with van der Waals surface area (Å²) in [7, 11) is 0. The zero-order chi connectivity index (χ0) is 12.4. The summed E-state index contributed by atoms with van der Waals surface area (Å²) < 4.78 is 14.0. The third-order valence-electron chi connectivity index (χ3n) is 2.62. The highest BCUT2D eigenvalue weighted by Gasteiger charge is 2.27. The van der Waals surface area contributed by atoms with Crippen LogP contribution in [-0.4, -0.2) is 28.5 Å². The topological polar surface area (TPSA) is 50.3 Å². The van der Waals surface area contributed by atoms with E-state index in [1.165, 1.54) is 17.2 Å². The first kappa shape index (κ1) is 12.2. The molecule has 0 spiro atoms. The third-order valence-corrected chi connectivity index (χ3v) is 3.13. The van der Waals surface area contributed by atoms with Crippen molar-refractivity contribution in [2.24, 2.45) is 0 Å². The van der Waals surface area contributed by atoms with Crippen LogP contribution in [0.2, 0.25) is 0 Å². The third kappa shape index (κ3) is 2.22. The number of aromatic nitrogens is 1. The molecule has 1 aliphatic heterocycles. The van der Waals surface area contributed by atoms with Crippen LogP contribution in [0.5, 0.6) is 0 Å². The summed E-state index contributed by atoms with van der Waals surface area (Å²) in [6.45, 7) is 0.453. The molecule has 2 rings (SSSR count). The Labute approximate surface area is 106 Å². The van der Waals surface area contributed by atoms with Gasteiger partial charge in [-0.3, -0.25) is 14.5 Å². The van der Waals surface area contributed by atoms with Gasteiger partial charge in [-0.15, -0.1) is 0 Å². The molecule has 90 valence electrons. The van der Waals surface area contributed by atoms with E-state index >= 15 is 0 Å². The maximum Gasteiger partial charge on any atom is 0.228 e. The summed E-state index contributed by atoms with van der Waals surface area (Å²) in [4.78, 5) is 28.1. The lowest BCUT2D eigenvalue weighted by Crippen LogP contribution is -2.26. The van der Waals surface area contributed by atoms with Gasteiger partial charge < -0.3 is 0 Å². The van der Waals surface area contributed by atoms with Crippen LogP contribution in [0.1, 0.15) is 23.2 Å². The minimum Gasteiger partial charge on any atom is -0.294 e. The van der Waals surface area contributed by atoms with Gasteiger partial charge in [0.2, 0.25) is 5.91 Å². The molecular weight excluding hydrogens is 291 g/mol. The molecule has 1 aromatic heterocycles. The summed E-state index contributed by atoms with van der Waals surface area (Å²) in [5.74, 6) is -1.27. The van der Waals surface area contributed by atoms with E-state index in [0.717, 1.165) is 0 Å². The quantitative estimate of drug-likeness (QED) is 0.633. The first-order valence-corrected chi connectivity index (χ1v) is 6.31. The molecular formula is C11H10BrFN2O2. The second-order valence-corrected chi connectivity index (χ2v) is 4.26. The highest BCUT2D eigenvalue weighted by atomic mass is 79.9. The molecule has 0 unspecified atom stereocenters. The second kappa shape index (κ2) is 4.91. The van der Waals surface area contributed by atoms with Crippen molar-refractivity contribution in [3.05, 3.63) is 23.6 Å². The average molecular weight is 301 g/mol. The summed E-state index contributed by atoms with van der Waals surface area (Å²) in [6, 6.07) is 1.32. The number of halogens is 2. The molecule has 0 radical (unpaired) electrons. The van der Waals surface area contributed by atoms with Crippen molar-refractivity contribution in [1.29, 1.82) is 0 Å². The standard InChI is InChI=1S/C11H10BrFN2O2/c12-6-8(16)7-3-4-14-11(10(7)13)15-5-1-2-9(15)17/h3-4H,1-2,5-6H2. The number of Topliss-reactive ketones (excluding diaryl/α,β-unsaturated/α-hetero) is 1. The number of rotatable bonds is 3. The molecule has 1 amide bonds. The summed E-state index contributed by atoms with van der Waals surface area (Å²) >= 11 is 2.99. The number of anilines is 1. The average Bonchev–Trinajstić information content (AvgIpc) is 2.75. The molecule has 1 aliphatic rings. The SMILES string of the molecule is O=C(CBr)c1ccnc(N2CCCC2=O)c1F. The number of nitrogens with zero attached hydrogens (tertiary/aromatic N) is 2. The zero-order valence-electron chi connectivity index (χ0n) is 8.95. The van der Waals surface area contributed by atoms with Crippen LogP contribution in [0.15, 0.2) is 12.3 Å². The van der Waals surface area contributed by atoms with E-state index in [-0.39, 0.29) is 28.4 Å². The number of carbonyl (C=O) groups excluding carboxylic acids is 2. The number of pyridine rings is 1. The van der Waals surface area contributed by atoms with E-state index in [1.54, 1.807) is 0 Å². The van der Waals surface area contributed by atoms with Crippen molar-refractivity contribution in [3.63, 3.8) is 0 Å². The molecule has 2 heterocycles. The number of carbonyl (C=O) groups is 2. The lowest BCUT2D eigenvalue weighted by molar-refractivity contribution is -0.117. The molecule has 6 heteroatoms. The number of amides is 1. The van der Waals surface area contributed by atoms with Crippen LogP contribution >= 0.6 is 15.9 Å². The van der Waals surface area contributed by atoms with Gasteiger partial charge in [0, 0.05) is 19.2 Å². The normalized spacial score (nSPS) is 15.4. The number of hydrogen-bond donors (Lipinski definition) is 0. The second-order valence-electron chi connectivity index (χ2n) is 3.70. The van der Waals surface area contributed by atoms with Crippen LogP contribution < -0.4 is 4.90 Å². The lowest BCUT2D eigenvalue weighted by Gasteiger charge is -2.15. The van der Waals surface area contributed by atoms with E-state index in [4.69, 9.17) is 0 Å². The largest absolute Gasteiger partial charge is 0.294 e. The Hall–Kier alpha value is -1.30. The van der Waals surface area contributed by atoms with E-state index in [0.29, 0.717) is 19.4 Å². The Bertz CT molecular complexity index is 479. The molecule has 4 nitrogen and oxygen atoms in total. The Morgan fingerprint density at radius 3 is 2.94 bits per heavy atom. The fourth-order valence-corrected chi connectivity index (χ4v) is 2.08. The smallest absolute Gasteiger partial charge is 0.228 e. The van der Waals surface area contributed by atoms with Crippen molar-refractivity contribution >= 4 is 33.4 Å². The molecule has 17 heavy (non-hydrogen) atoms. The zero-order valence-corrected chi connectivity index (χ0v) is 10.5. The lowest BCUT2D eigenvalue weighted by atomic mass is 10.2. The monoisotopic (exact) mass is 300 g/mol. The molecule has 1 fully saturated rings. The van der Waals surface area contributed by atoms with Gasteiger partial charge in [-0.1, -0.05) is 15.9 Å². The molecule has 0 aliphatic carbocycles. The van der Waals surface area contributed by atoms with Gasteiger partial charge in [-0.05, 0) is 12.5 Å². The minimum atomic E-state index is -0.716. The van der Waals surface area contributed by atoms with Crippen LogP contribution in [0, 0.1) is 5.82 Å². The summed E-state index contributed by atoms with van der Waals surface area (Å²) in [5, 5.41) is 0.0430. The molecule has 0 N–H and O–H groups in total. The minimum absolute atomic E-state index is 0.0356. The first-order valence-electron chi connectivity index (χ1n) is 5.19. The van der Waals surface area contributed by atoms with E-state index in [9.17, 15) is 14.0 Å². The van der Waals surface area contributed by atoms with Gasteiger partial charge in [0.15, 0.2) is 17.4 Å². The Kier molecular flexibility index (Phi) is 3.51. The van der Waals surface area contributed by atoms with Gasteiger partial charge >= 0.3 is 0 Å². The van der Waals surface area contributed by atoms with Gasteiger partial charge in [0.1, 0.15) is 0 Å². The summed E-state index contributed by atoms with van der Waals surface area (Å²) in [5.41, 5.74) is -0.0356. The Morgan fingerprint density at radius 1 is 1.59 bits per heavy atom. The van der Waals surface area contributed by atoms with E-state index in [2.05, 4.69) is 20.9 Å². The van der Waals surface area contributed by atoms with Crippen LogP contribution in [0.3, 0.4) is 0 Å². The van der Waals surface area contributed by atoms with E-state index < -0.39 is 5.82 Å². The van der Waals surface area contributed by atoms with Crippen LogP contribution in [-0.2, 0) is 4.79 Å². The highest BCUT2D eigenvalue weighted by Crippen LogP contribution is 2.24. The first-order chi connectivity index (χ1) is 8.15. The predicted molar refractivity (Wildman–Crippen MR) is 63.9 cm³/mol. The van der Waals surface area contributed by atoms with Gasteiger partial charge in [-0.2, -0.15) is 0 Å². The molecule has 0 saturated carbocycles. The Balaban J connectivity index is 2.42. The van der Waals surface area contributed by atoms with Gasteiger partial charge in [0.05, 0.1) is 10.9 Å². The maximum atomic E-state index is 14.0. The van der Waals surface area contributed by atoms with Crippen molar-refractivity contribution in [2.75, 3.05) is 16.8 Å². The van der Waals surface area contributed by atoms with Crippen molar-refractivity contribution in [3.8, 4) is 0 Å². The molecule has 0 bridgehead atoms. The molecule has 0 aromatic carbocycles. The van der Waals surface area contributed by atoms with Gasteiger partial charge in [-0.25, -0.2) is 9.37 Å². The maximum absolute atomic E-state index is 14.0. The van der Waals surface area contributed by atoms with Crippen molar-refractivity contribution < 1.29 is 14.0 Å². The van der Waals surface area contributed by atoms with Crippen molar-refractivity contribution in [1.82, 2.24) is 4.98 Å². The Morgan fingerprint density at radius 2 is 2.35 bits per heavy atom.